The number of carbonyl (C=O) groups is 2. The molecule has 1 aliphatic rings. The Labute approximate surface area is 181 Å². The van der Waals surface area contributed by atoms with Crippen LogP contribution in [0.2, 0.25) is 5.02 Å². The van der Waals surface area contributed by atoms with Gasteiger partial charge in [0.25, 0.3) is 5.91 Å². The topological polar surface area (TPSA) is 57.6 Å². The second kappa shape index (κ2) is 7.85. The van der Waals surface area contributed by atoms with Crippen molar-refractivity contribution in [3.8, 4) is 0 Å². The Bertz CT molecular complexity index is 1110. The summed E-state index contributed by atoms with van der Waals surface area (Å²) in [4.78, 5) is 27.7. The number of hydrogen-bond acceptors (Lipinski definition) is 3. The molecule has 0 saturated heterocycles. The number of rotatable bonds is 4. The van der Waals surface area contributed by atoms with Crippen molar-refractivity contribution >= 4 is 44.9 Å². The predicted molar refractivity (Wildman–Crippen MR) is 116 cm³/mol. The molecule has 0 bridgehead atoms. The van der Waals surface area contributed by atoms with Gasteiger partial charge in [-0.05, 0) is 42.0 Å². The average Bonchev–Trinajstić information content (AvgIpc) is 3.00. The highest BCUT2D eigenvalue weighted by Crippen LogP contribution is 2.42. The summed E-state index contributed by atoms with van der Waals surface area (Å²) in [7, 11) is 0. The molecule has 0 radical (unpaired) electrons. The summed E-state index contributed by atoms with van der Waals surface area (Å²) in [5, 5.41) is 11.2. The number of anilines is 1. The Morgan fingerprint density at radius 1 is 0.931 bits per heavy atom. The minimum absolute atomic E-state index is 0.0541. The largest absolute Gasteiger partial charge is 0.503 e. The Morgan fingerprint density at radius 2 is 1.55 bits per heavy atom. The summed E-state index contributed by atoms with van der Waals surface area (Å²) < 4.78 is 0.868. The van der Waals surface area contributed by atoms with Crippen LogP contribution in [0.5, 0.6) is 0 Å². The van der Waals surface area contributed by atoms with Crippen LogP contribution in [-0.2, 0) is 4.79 Å². The maximum absolute atomic E-state index is 13.3. The molecule has 0 aliphatic carbocycles. The average molecular weight is 469 g/mol. The minimum Gasteiger partial charge on any atom is -0.503 e. The molecule has 1 heterocycles. The fraction of sp³-hybridized carbons (Fsp3) is 0.0435. The normalized spacial score (nSPS) is 16.4. The number of ketones is 1. The molecule has 1 aliphatic heterocycles. The Hall–Kier alpha value is -2.89. The van der Waals surface area contributed by atoms with Gasteiger partial charge in [-0.15, -0.1) is 0 Å². The van der Waals surface area contributed by atoms with E-state index in [-0.39, 0.29) is 11.4 Å². The van der Waals surface area contributed by atoms with Crippen molar-refractivity contribution in [3.63, 3.8) is 0 Å². The van der Waals surface area contributed by atoms with Gasteiger partial charge in [0.15, 0.2) is 11.5 Å². The Kier molecular flexibility index (Phi) is 5.26. The summed E-state index contributed by atoms with van der Waals surface area (Å²) in [6.07, 6.45) is 0. The van der Waals surface area contributed by atoms with Crippen molar-refractivity contribution < 1.29 is 14.7 Å². The second-order valence-corrected chi connectivity index (χ2v) is 7.92. The van der Waals surface area contributed by atoms with Crippen LogP contribution < -0.4 is 4.90 Å². The fourth-order valence-electron chi connectivity index (χ4n) is 3.41. The van der Waals surface area contributed by atoms with Crippen LogP contribution in [0.4, 0.5) is 5.69 Å². The first-order chi connectivity index (χ1) is 14.0. The van der Waals surface area contributed by atoms with E-state index in [4.69, 9.17) is 11.6 Å². The Morgan fingerprint density at radius 3 is 2.17 bits per heavy atom. The second-order valence-electron chi connectivity index (χ2n) is 6.56. The molecule has 144 valence electrons. The van der Waals surface area contributed by atoms with Crippen LogP contribution >= 0.6 is 27.5 Å². The number of nitrogens with zero attached hydrogens (tertiary/aromatic N) is 1. The van der Waals surface area contributed by atoms with Crippen LogP contribution in [0.15, 0.2) is 94.7 Å². The molecular weight excluding hydrogens is 454 g/mol. The zero-order valence-corrected chi connectivity index (χ0v) is 17.4. The van der Waals surface area contributed by atoms with Gasteiger partial charge in [0.05, 0.1) is 11.6 Å². The van der Waals surface area contributed by atoms with E-state index >= 15 is 0 Å². The van der Waals surface area contributed by atoms with Crippen molar-refractivity contribution in [1.82, 2.24) is 0 Å². The third-order valence-corrected chi connectivity index (χ3v) is 5.56. The van der Waals surface area contributed by atoms with Gasteiger partial charge in [-0.25, -0.2) is 0 Å². The van der Waals surface area contributed by atoms with Crippen molar-refractivity contribution in [2.75, 3.05) is 4.90 Å². The maximum atomic E-state index is 13.3. The van der Waals surface area contributed by atoms with E-state index < -0.39 is 17.7 Å². The summed E-state index contributed by atoms with van der Waals surface area (Å²) in [5.41, 5.74) is 1.70. The molecule has 1 atom stereocenters. The van der Waals surface area contributed by atoms with Gasteiger partial charge in [0, 0.05) is 20.7 Å². The van der Waals surface area contributed by atoms with E-state index in [1.807, 2.05) is 24.3 Å². The quantitative estimate of drug-likeness (QED) is 0.486. The number of hydrogen-bond donors (Lipinski definition) is 1. The van der Waals surface area contributed by atoms with Gasteiger partial charge in [-0.1, -0.05) is 70.0 Å². The summed E-state index contributed by atoms with van der Waals surface area (Å²) in [6, 6.07) is 21.9. The smallest absolute Gasteiger partial charge is 0.294 e. The SMILES string of the molecule is O=C(C1=C(O)C(=O)N(c2ccc(Cl)cc2)C1c1ccc(Br)cc1)c1ccccc1. The lowest BCUT2D eigenvalue weighted by molar-refractivity contribution is -0.117. The van der Waals surface area contributed by atoms with Crippen molar-refractivity contribution in [1.29, 1.82) is 0 Å². The van der Waals surface area contributed by atoms with E-state index in [9.17, 15) is 14.7 Å². The van der Waals surface area contributed by atoms with Crippen LogP contribution in [-0.4, -0.2) is 16.8 Å². The lowest BCUT2D eigenvalue weighted by atomic mass is 9.92. The van der Waals surface area contributed by atoms with Crippen LogP contribution in [0.3, 0.4) is 0 Å². The number of aliphatic hydroxyl groups is 1. The first-order valence-electron chi connectivity index (χ1n) is 8.85. The molecule has 29 heavy (non-hydrogen) atoms. The van der Waals surface area contributed by atoms with Crippen LogP contribution in [0.25, 0.3) is 0 Å². The molecule has 0 saturated carbocycles. The molecular formula is C23H15BrClNO3. The molecule has 1 N–H and O–H groups in total. The number of aliphatic hydroxyl groups excluding tert-OH is 1. The number of benzene rings is 3. The fourth-order valence-corrected chi connectivity index (χ4v) is 3.80. The van der Waals surface area contributed by atoms with Gasteiger partial charge >= 0.3 is 0 Å². The monoisotopic (exact) mass is 467 g/mol. The van der Waals surface area contributed by atoms with Gasteiger partial charge in [-0.2, -0.15) is 0 Å². The number of amides is 1. The summed E-state index contributed by atoms with van der Waals surface area (Å²) >= 11 is 9.39. The molecule has 0 spiro atoms. The lowest BCUT2D eigenvalue weighted by Crippen LogP contribution is -2.31. The van der Waals surface area contributed by atoms with Gasteiger partial charge in [0.1, 0.15) is 0 Å². The maximum Gasteiger partial charge on any atom is 0.294 e. The van der Waals surface area contributed by atoms with Gasteiger partial charge in [0.2, 0.25) is 0 Å². The first-order valence-corrected chi connectivity index (χ1v) is 10.0. The molecule has 4 nitrogen and oxygen atoms in total. The van der Waals surface area contributed by atoms with Gasteiger partial charge < -0.3 is 5.11 Å². The van der Waals surface area contributed by atoms with E-state index in [2.05, 4.69) is 15.9 Å². The van der Waals surface area contributed by atoms with Crippen molar-refractivity contribution in [3.05, 3.63) is 111 Å². The number of Topliss-reactive ketones (excluding diaryl/α,β-unsaturated/α-hetero) is 1. The number of halogens is 2. The van der Waals surface area contributed by atoms with E-state index in [0.29, 0.717) is 21.8 Å². The molecule has 3 aromatic carbocycles. The standard InChI is InChI=1S/C23H15BrClNO3/c24-16-8-6-14(7-9-16)20-19(21(27)15-4-2-1-3-5-15)22(28)23(29)26(20)18-12-10-17(25)11-13-18/h1-13,20,28H. The number of carbonyl (C=O) groups excluding carboxylic acids is 2. The summed E-state index contributed by atoms with van der Waals surface area (Å²) in [6.45, 7) is 0. The summed E-state index contributed by atoms with van der Waals surface area (Å²) in [5.74, 6) is -1.55. The van der Waals surface area contributed by atoms with Crippen molar-refractivity contribution in [2.24, 2.45) is 0 Å². The van der Waals surface area contributed by atoms with Gasteiger partial charge in [-0.3, -0.25) is 14.5 Å². The lowest BCUT2D eigenvalue weighted by Gasteiger charge is -2.27. The predicted octanol–water partition coefficient (Wildman–Crippen LogP) is 5.89. The van der Waals surface area contributed by atoms with Crippen LogP contribution in [0, 0.1) is 0 Å². The first kappa shape index (κ1) is 19.4. The van der Waals surface area contributed by atoms with E-state index in [1.54, 1.807) is 54.6 Å². The molecule has 1 unspecified atom stereocenters. The third-order valence-electron chi connectivity index (χ3n) is 4.78. The molecule has 4 rings (SSSR count). The highest BCUT2D eigenvalue weighted by molar-refractivity contribution is 9.10. The Balaban J connectivity index is 1.87. The zero-order valence-electron chi connectivity index (χ0n) is 15.0. The molecule has 0 aromatic heterocycles. The molecule has 1 amide bonds. The van der Waals surface area contributed by atoms with E-state index in [0.717, 1.165) is 4.47 Å². The highest BCUT2D eigenvalue weighted by Gasteiger charge is 2.44. The third kappa shape index (κ3) is 3.59. The zero-order chi connectivity index (χ0) is 20.5. The molecule has 3 aromatic rings. The van der Waals surface area contributed by atoms with E-state index in [1.165, 1.54) is 4.90 Å². The molecule has 6 heteroatoms. The molecule has 0 fully saturated rings. The van der Waals surface area contributed by atoms with Crippen LogP contribution in [0.1, 0.15) is 22.0 Å². The minimum atomic E-state index is -0.760. The highest BCUT2D eigenvalue weighted by atomic mass is 79.9. The van der Waals surface area contributed by atoms with Crippen molar-refractivity contribution in [2.45, 2.75) is 6.04 Å².